The Kier molecular flexibility index (Phi) is 3.36. The molecule has 0 saturated carbocycles. The van der Waals surface area contributed by atoms with Gasteiger partial charge in [-0.15, -0.1) is 0 Å². The highest BCUT2D eigenvalue weighted by atomic mass is 32.2. The van der Waals surface area contributed by atoms with Crippen molar-refractivity contribution in [2.45, 2.75) is 5.50 Å². The number of nitrogens with one attached hydrogen (secondary N) is 1. The topological polar surface area (TPSA) is 130 Å². The Hall–Kier alpha value is -1.85. The monoisotopic (exact) mass is 319 g/mol. The molecule has 1 aliphatic heterocycles. The Bertz CT molecular complexity index is 680. The third-order valence-corrected chi connectivity index (χ3v) is 4.40. The highest BCUT2D eigenvalue weighted by Gasteiger charge is 2.47. The van der Waals surface area contributed by atoms with Gasteiger partial charge in [-0.05, 0) is 6.08 Å². The van der Waals surface area contributed by atoms with Gasteiger partial charge >= 0.3 is 10.1 Å². The van der Waals surface area contributed by atoms with Crippen molar-refractivity contribution in [2.75, 3.05) is 7.05 Å². The summed E-state index contributed by atoms with van der Waals surface area (Å²) >= 11 is 4.91. The average molecular weight is 319 g/mol. The van der Waals surface area contributed by atoms with Crippen molar-refractivity contribution < 1.29 is 22.7 Å². The zero-order valence-electron chi connectivity index (χ0n) is 10.0. The Balaban J connectivity index is 2.48. The number of nitro groups is 1. The van der Waals surface area contributed by atoms with Gasteiger partial charge in [0.15, 0.2) is 0 Å². The van der Waals surface area contributed by atoms with Crippen LogP contribution >= 0.6 is 12.2 Å². The van der Waals surface area contributed by atoms with Gasteiger partial charge in [0, 0.05) is 18.8 Å². The van der Waals surface area contributed by atoms with Crippen LogP contribution in [0.3, 0.4) is 0 Å². The summed E-state index contributed by atoms with van der Waals surface area (Å²) in [6.07, 6.45) is 2.29. The third-order valence-electron chi connectivity index (χ3n) is 2.96. The molecule has 0 bridgehead atoms. The molecule has 108 valence electrons. The van der Waals surface area contributed by atoms with Gasteiger partial charge in [-0.1, -0.05) is 12.2 Å². The first-order chi connectivity index (χ1) is 9.14. The summed E-state index contributed by atoms with van der Waals surface area (Å²) < 4.78 is 31.4. The molecule has 2 atom stereocenters. The SMILES string of the molecule is CN1C(=O)C2C(=S)C([N+](=O)[O-])=CC=C2NC1S(=O)(=O)O. The van der Waals surface area contributed by atoms with Crippen LogP contribution in [0.2, 0.25) is 0 Å². The summed E-state index contributed by atoms with van der Waals surface area (Å²) in [5, 5.41) is 13.2. The fourth-order valence-corrected chi connectivity index (χ4v) is 3.16. The fraction of sp³-hybridized carbons (Fsp3) is 0.333. The number of allylic oxidation sites excluding steroid dienone is 3. The number of fused-ring (bicyclic) bond motifs is 1. The number of hydrogen-bond acceptors (Lipinski definition) is 7. The molecule has 0 aromatic heterocycles. The Morgan fingerprint density at radius 1 is 1.50 bits per heavy atom. The average Bonchev–Trinajstić information content (AvgIpc) is 2.31. The van der Waals surface area contributed by atoms with Crippen molar-refractivity contribution >= 4 is 33.1 Å². The fourth-order valence-electron chi connectivity index (χ4n) is 2.00. The molecule has 1 heterocycles. The molecule has 20 heavy (non-hydrogen) atoms. The van der Waals surface area contributed by atoms with Gasteiger partial charge in [0.05, 0.1) is 4.92 Å². The molecule has 0 aromatic carbocycles. The Labute approximate surface area is 118 Å². The lowest BCUT2D eigenvalue weighted by molar-refractivity contribution is -0.415. The second kappa shape index (κ2) is 4.61. The van der Waals surface area contributed by atoms with Crippen molar-refractivity contribution in [1.29, 1.82) is 0 Å². The van der Waals surface area contributed by atoms with E-state index in [1.165, 1.54) is 6.08 Å². The van der Waals surface area contributed by atoms with Gasteiger partial charge in [0.1, 0.15) is 10.8 Å². The van der Waals surface area contributed by atoms with Crippen LogP contribution in [0.25, 0.3) is 0 Å². The maximum absolute atomic E-state index is 12.1. The predicted molar refractivity (Wildman–Crippen MR) is 70.5 cm³/mol. The number of hydrogen-bond donors (Lipinski definition) is 2. The van der Waals surface area contributed by atoms with Gasteiger partial charge in [0.25, 0.3) is 5.70 Å². The minimum Gasteiger partial charge on any atom is -0.353 e. The third kappa shape index (κ3) is 2.19. The molecular weight excluding hydrogens is 310 g/mol. The van der Waals surface area contributed by atoms with Crippen LogP contribution in [0.15, 0.2) is 23.5 Å². The lowest BCUT2D eigenvalue weighted by Gasteiger charge is -2.38. The molecule has 2 aliphatic rings. The number of amides is 1. The normalized spacial score (nSPS) is 26.4. The van der Waals surface area contributed by atoms with E-state index in [9.17, 15) is 23.3 Å². The summed E-state index contributed by atoms with van der Waals surface area (Å²) in [6.45, 7) is 0. The van der Waals surface area contributed by atoms with Crippen molar-refractivity contribution in [1.82, 2.24) is 10.2 Å². The molecule has 11 heteroatoms. The van der Waals surface area contributed by atoms with E-state index in [0.29, 0.717) is 0 Å². The lowest BCUT2D eigenvalue weighted by Crippen LogP contribution is -2.60. The van der Waals surface area contributed by atoms with Crippen molar-refractivity contribution in [3.63, 3.8) is 0 Å². The van der Waals surface area contributed by atoms with E-state index in [2.05, 4.69) is 5.32 Å². The molecule has 1 amide bonds. The van der Waals surface area contributed by atoms with Crippen LogP contribution in [0, 0.1) is 16.0 Å². The van der Waals surface area contributed by atoms with E-state index in [1.807, 2.05) is 0 Å². The van der Waals surface area contributed by atoms with E-state index in [4.69, 9.17) is 16.8 Å². The van der Waals surface area contributed by atoms with E-state index >= 15 is 0 Å². The number of nitrogens with zero attached hydrogens (tertiary/aromatic N) is 2. The smallest absolute Gasteiger partial charge is 0.306 e. The molecule has 2 rings (SSSR count). The summed E-state index contributed by atoms with van der Waals surface area (Å²) in [7, 11) is -3.40. The van der Waals surface area contributed by atoms with E-state index in [1.54, 1.807) is 0 Å². The number of carbonyl (C=O) groups is 1. The first-order valence-electron chi connectivity index (χ1n) is 5.24. The van der Waals surface area contributed by atoms with Crippen LogP contribution in [0.4, 0.5) is 0 Å². The molecule has 0 radical (unpaired) electrons. The minimum atomic E-state index is -4.55. The van der Waals surface area contributed by atoms with Crippen molar-refractivity contribution in [3.05, 3.63) is 33.7 Å². The van der Waals surface area contributed by atoms with Crippen molar-refractivity contribution in [2.24, 2.45) is 5.92 Å². The van der Waals surface area contributed by atoms with E-state index in [0.717, 1.165) is 18.0 Å². The number of carbonyl (C=O) groups excluding carboxylic acids is 1. The van der Waals surface area contributed by atoms with Gasteiger partial charge in [-0.3, -0.25) is 19.5 Å². The summed E-state index contributed by atoms with van der Waals surface area (Å²) in [5.74, 6) is -1.87. The molecular formula is C9H9N3O6S2. The molecule has 1 fully saturated rings. The van der Waals surface area contributed by atoms with Crippen molar-refractivity contribution in [3.8, 4) is 0 Å². The highest BCUT2D eigenvalue weighted by Crippen LogP contribution is 2.29. The quantitative estimate of drug-likeness (QED) is 0.295. The second-order valence-corrected chi connectivity index (χ2v) is 6.11. The van der Waals surface area contributed by atoms with E-state index in [-0.39, 0.29) is 16.3 Å². The summed E-state index contributed by atoms with van der Waals surface area (Å²) in [5.41, 5.74) is -1.93. The Morgan fingerprint density at radius 3 is 2.60 bits per heavy atom. The standard InChI is InChI=1S/C9H9N3O6S2/c1-11-8(13)6-4(10-9(11)20(16,17)18)2-3-5(7(6)19)12(14)15/h2-3,6,9-10H,1H3,(H,16,17,18). The molecule has 0 aromatic rings. The molecule has 0 spiro atoms. The second-order valence-electron chi connectivity index (χ2n) is 4.19. The predicted octanol–water partition coefficient (Wildman–Crippen LogP) is -0.736. The van der Waals surface area contributed by atoms with Gasteiger partial charge in [-0.2, -0.15) is 8.42 Å². The molecule has 1 saturated heterocycles. The minimum absolute atomic E-state index is 0.103. The van der Waals surface area contributed by atoms with E-state index < -0.39 is 32.4 Å². The van der Waals surface area contributed by atoms with Gasteiger partial charge in [-0.25, -0.2) is 0 Å². The van der Waals surface area contributed by atoms with Crippen LogP contribution in [-0.2, 0) is 14.9 Å². The van der Waals surface area contributed by atoms with Crippen LogP contribution in [0.5, 0.6) is 0 Å². The first kappa shape index (κ1) is 14.6. The van der Waals surface area contributed by atoms with Crippen LogP contribution in [0.1, 0.15) is 0 Å². The van der Waals surface area contributed by atoms with Crippen LogP contribution in [-0.4, -0.2) is 46.1 Å². The Morgan fingerprint density at radius 2 is 2.10 bits per heavy atom. The molecule has 2 N–H and O–H groups in total. The lowest BCUT2D eigenvalue weighted by atomic mass is 9.91. The zero-order valence-corrected chi connectivity index (χ0v) is 11.6. The molecule has 9 nitrogen and oxygen atoms in total. The van der Waals surface area contributed by atoms with Crippen LogP contribution < -0.4 is 5.32 Å². The summed E-state index contributed by atoms with van der Waals surface area (Å²) in [6, 6.07) is 0. The first-order valence-corrected chi connectivity index (χ1v) is 7.15. The van der Waals surface area contributed by atoms with Gasteiger partial charge < -0.3 is 10.2 Å². The number of rotatable bonds is 2. The largest absolute Gasteiger partial charge is 0.353 e. The summed E-state index contributed by atoms with van der Waals surface area (Å²) in [4.78, 5) is 22.7. The maximum atomic E-state index is 12.1. The molecule has 2 unspecified atom stereocenters. The number of thiocarbonyl (C=S) groups is 1. The molecule has 1 aliphatic carbocycles. The highest BCUT2D eigenvalue weighted by molar-refractivity contribution is 7.86. The van der Waals surface area contributed by atoms with Gasteiger partial charge in [0.2, 0.25) is 11.4 Å². The zero-order chi connectivity index (χ0) is 15.2. The maximum Gasteiger partial charge on any atom is 0.306 e.